The number of aliphatic carboxylic acids is 1. The van der Waals surface area contributed by atoms with Crippen molar-refractivity contribution in [3.05, 3.63) is 12.2 Å². The summed E-state index contributed by atoms with van der Waals surface area (Å²) in [6, 6.07) is 0. The molecule has 0 radical (unpaired) electrons. The summed E-state index contributed by atoms with van der Waals surface area (Å²) in [6.07, 6.45) is 35.2. The van der Waals surface area contributed by atoms with Crippen molar-refractivity contribution >= 4 is 11.9 Å². The number of carboxylic acids is 1. The first kappa shape index (κ1) is 36.7. The molecule has 224 valence electrons. The first-order valence-corrected chi connectivity index (χ1v) is 16.7. The monoisotopic (exact) mass is 536 g/mol. The third-order valence-electron chi connectivity index (χ3n) is 7.47. The largest absolute Gasteiger partial charge is 0.481 e. The van der Waals surface area contributed by atoms with Crippen LogP contribution < -0.4 is 0 Å². The van der Waals surface area contributed by atoms with Crippen molar-refractivity contribution in [2.45, 2.75) is 193 Å². The van der Waals surface area contributed by atoms with Gasteiger partial charge in [-0.15, -0.1) is 0 Å². The quantitative estimate of drug-likeness (QED) is 0.0563. The van der Waals surface area contributed by atoms with E-state index in [0.717, 1.165) is 64.2 Å². The number of hydrogen-bond acceptors (Lipinski definition) is 3. The molecule has 0 heterocycles. The van der Waals surface area contributed by atoms with Crippen LogP contribution in [0.15, 0.2) is 12.2 Å². The summed E-state index contributed by atoms with van der Waals surface area (Å²) in [4.78, 5) is 23.1. The molecule has 0 rings (SSSR count). The zero-order chi connectivity index (χ0) is 27.9. The third-order valence-corrected chi connectivity index (χ3v) is 7.47. The fourth-order valence-electron chi connectivity index (χ4n) is 4.98. The lowest BCUT2D eigenvalue weighted by Crippen LogP contribution is -2.16. The summed E-state index contributed by atoms with van der Waals surface area (Å²) < 4.78 is 5.88. The van der Waals surface area contributed by atoms with E-state index < -0.39 is 5.97 Å². The molecular weight excluding hydrogens is 472 g/mol. The summed E-state index contributed by atoms with van der Waals surface area (Å²) in [5.74, 6) is -0.737. The van der Waals surface area contributed by atoms with Crippen molar-refractivity contribution in [1.82, 2.24) is 0 Å². The normalized spacial score (nSPS) is 12.3. The summed E-state index contributed by atoms with van der Waals surface area (Å²) in [7, 11) is 0. The number of carbonyl (C=O) groups excluding carboxylic acids is 1. The maximum Gasteiger partial charge on any atom is 0.306 e. The van der Waals surface area contributed by atoms with Gasteiger partial charge in [0, 0.05) is 12.8 Å². The highest BCUT2D eigenvalue weighted by Gasteiger charge is 2.11. The highest BCUT2D eigenvalue weighted by Crippen LogP contribution is 2.16. The molecule has 0 aliphatic heterocycles. The molecule has 0 amide bonds. The molecule has 1 unspecified atom stereocenters. The van der Waals surface area contributed by atoms with E-state index in [0.29, 0.717) is 6.42 Å². The number of hydrogen-bond donors (Lipinski definition) is 1. The van der Waals surface area contributed by atoms with E-state index >= 15 is 0 Å². The van der Waals surface area contributed by atoms with E-state index in [1.165, 1.54) is 96.3 Å². The Morgan fingerprint density at radius 2 is 1.00 bits per heavy atom. The lowest BCUT2D eigenvalue weighted by atomic mass is 10.0. The van der Waals surface area contributed by atoms with Crippen molar-refractivity contribution in [2.24, 2.45) is 0 Å². The van der Waals surface area contributed by atoms with Gasteiger partial charge >= 0.3 is 11.9 Å². The van der Waals surface area contributed by atoms with Gasteiger partial charge in [0.05, 0.1) is 0 Å². The van der Waals surface area contributed by atoms with Crippen LogP contribution in [0.2, 0.25) is 0 Å². The second kappa shape index (κ2) is 30.2. The standard InChI is InChI=1S/C34H64O4/c1-3-5-7-9-11-13-14-15-17-23-27-31-34(37)38-32(28-24-20-16-12-10-8-6-4-2)29-25-21-18-19-22-26-30-33(35)36/h24,28,32H,3-23,25-27,29-31H2,1-2H3,(H,35,36)/b28-24-. The van der Waals surface area contributed by atoms with Crippen LogP contribution in [-0.4, -0.2) is 23.1 Å². The Kier molecular flexibility index (Phi) is 29.2. The lowest BCUT2D eigenvalue weighted by molar-refractivity contribution is -0.147. The molecule has 4 heteroatoms. The smallest absolute Gasteiger partial charge is 0.306 e. The molecule has 0 aromatic heterocycles. The predicted molar refractivity (Wildman–Crippen MR) is 163 cm³/mol. The van der Waals surface area contributed by atoms with E-state index in [1.807, 2.05) is 0 Å². The van der Waals surface area contributed by atoms with Gasteiger partial charge in [-0.2, -0.15) is 0 Å². The molecule has 0 saturated heterocycles. The van der Waals surface area contributed by atoms with Gasteiger partial charge in [0.25, 0.3) is 0 Å². The molecule has 0 aromatic carbocycles. The summed E-state index contributed by atoms with van der Waals surface area (Å²) in [5.41, 5.74) is 0. The van der Waals surface area contributed by atoms with E-state index in [4.69, 9.17) is 9.84 Å². The Labute approximate surface area is 236 Å². The van der Waals surface area contributed by atoms with E-state index in [9.17, 15) is 9.59 Å². The topological polar surface area (TPSA) is 63.6 Å². The van der Waals surface area contributed by atoms with E-state index in [-0.39, 0.29) is 18.5 Å². The fraction of sp³-hybridized carbons (Fsp3) is 0.882. The number of carbonyl (C=O) groups is 2. The van der Waals surface area contributed by atoms with Crippen LogP contribution in [0.5, 0.6) is 0 Å². The van der Waals surface area contributed by atoms with Crippen molar-refractivity contribution < 1.29 is 19.4 Å². The zero-order valence-corrected chi connectivity index (χ0v) is 25.5. The average Bonchev–Trinajstić information content (AvgIpc) is 2.89. The zero-order valence-electron chi connectivity index (χ0n) is 25.5. The molecule has 0 bridgehead atoms. The Morgan fingerprint density at radius 1 is 0.579 bits per heavy atom. The first-order chi connectivity index (χ1) is 18.6. The van der Waals surface area contributed by atoms with Gasteiger partial charge < -0.3 is 9.84 Å². The number of carboxylic acid groups (broad SMARTS) is 1. The SMILES string of the molecule is CCCCCCCC/C=C\C(CCCCCCCCC(=O)O)OC(=O)CCCCCCCCCCCCC. The number of allylic oxidation sites excluding steroid dienone is 1. The molecule has 0 spiro atoms. The molecule has 1 N–H and O–H groups in total. The van der Waals surface area contributed by atoms with Crippen LogP contribution in [0, 0.1) is 0 Å². The van der Waals surface area contributed by atoms with Crippen LogP contribution in [0.1, 0.15) is 187 Å². The fourth-order valence-corrected chi connectivity index (χ4v) is 4.98. The molecule has 0 fully saturated rings. The number of esters is 1. The van der Waals surface area contributed by atoms with Crippen molar-refractivity contribution in [3.63, 3.8) is 0 Å². The van der Waals surface area contributed by atoms with Crippen LogP contribution in [0.25, 0.3) is 0 Å². The lowest BCUT2D eigenvalue weighted by Gasteiger charge is -2.15. The molecule has 0 aliphatic rings. The molecular formula is C34H64O4. The molecule has 0 aliphatic carbocycles. The number of ether oxygens (including phenoxy) is 1. The van der Waals surface area contributed by atoms with E-state index in [2.05, 4.69) is 26.0 Å². The van der Waals surface area contributed by atoms with Gasteiger partial charge in [-0.05, 0) is 44.6 Å². The Bertz CT molecular complexity index is 543. The minimum Gasteiger partial charge on any atom is -0.481 e. The maximum absolute atomic E-state index is 12.5. The third kappa shape index (κ3) is 29.2. The summed E-state index contributed by atoms with van der Waals surface area (Å²) in [5, 5.41) is 8.73. The Morgan fingerprint density at radius 3 is 1.50 bits per heavy atom. The Hall–Kier alpha value is -1.32. The van der Waals surface area contributed by atoms with Crippen molar-refractivity contribution in [2.75, 3.05) is 0 Å². The molecule has 0 aromatic rings. The van der Waals surface area contributed by atoms with Crippen molar-refractivity contribution in [1.29, 1.82) is 0 Å². The number of rotatable bonds is 30. The summed E-state index contributed by atoms with van der Waals surface area (Å²) >= 11 is 0. The molecule has 38 heavy (non-hydrogen) atoms. The van der Waals surface area contributed by atoms with Gasteiger partial charge in [0.15, 0.2) is 0 Å². The molecule has 1 atom stereocenters. The van der Waals surface area contributed by atoms with Gasteiger partial charge in [0.1, 0.15) is 6.10 Å². The van der Waals surface area contributed by atoms with Gasteiger partial charge in [-0.25, -0.2) is 0 Å². The average molecular weight is 537 g/mol. The Balaban J connectivity index is 4.10. The van der Waals surface area contributed by atoms with Crippen molar-refractivity contribution in [3.8, 4) is 0 Å². The minimum atomic E-state index is -0.699. The number of unbranched alkanes of at least 4 members (excludes halogenated alkanes) is 21. The van der Waals surface area contributed by atoms with E-state index in [1.54, 1.807) is 0 Å². The van der Waals surface area contributed by atoms with Gasteiger partial charge in [-0.3, -0.25) is 9.59 Å². The highest BCUT2D eigenvalue weighted by molar-refractivity contribution is 5.69. The van der Waals surface area contributed by atoms with Crippen LogP contribution in [-0.2, 0) is 14.3 Å². The van der Waals surface area contributed by atoms with Gasteiger partial charge in [0.2, 0.25) is 0 Å². The molecule has 0 saturated carbocycles. The molecule has 4 nitrogen and oxygen atoms in total. The predicted octanol–water partition coefficient (Wildman–Crippen LogP) is 11.1. The van der Waals surface area contributed by atoms with Crippen LogP contribution in [0.3, 0.4) is 0 Å². The summed E-state index contributed by atoms with van der Waals surface area (Å²) in [6.45, 7) is 4.52. The minimum absolute atomic E-state index is 0.0381. The van der Waals surface area contributed by atoms with Gasteiger partial charge in [-0.1, -0.05) is 142 Å². The van der Waals surface area contributed by atoms with Crippen LogP contribution >= 0.6 is 0 Å². The first-order valence-electron chi connectivity index (χ1n) is 16.7. The second-order valence-corrected chi connectivity index (χ2v) is 11.4. The second-order valence-electron chi connectivity index (χ2n) is 11.4. The van der Waals surface area contributed by atoms with Crippen LogP contribution in [0.4, 0.5) is 0 Å². The highest BCUT2D eigenvalue weighted by atomic mass is 16.5. The maximum atomic E-state index is 12.5.